The van der Waals surface area contributed by atoms with Crippen LogP contribution in [0.25, 0.3) is 0 Å². The predicted molar refractivity (Wildman–Crippen MR) is 74.9 cm³/mol. The van der Waals surface area contributed by atoms with E-state index in [-0.39, 0.29) is 12.6 Å². The maximum absolute atomic E-state index is 11.6. The number of halogens is 3. The molecule has 5 heteroatoms. The van der Waals surface area contributed by atoms with Crippen LogP contribution in [0.15, 0.2) is 39.3 Å². The van der Waals surface area contributed by atoms with Gasteiger partial charge in [-0.2, -0.15) is 0 Å². The molecule has 0 aromatic heterocycles. The highest BCUT2D eigenvalue weighted by Gasteiger charge is 2.13. The molecule has 1 rings (SSSR count). The number of ether oxygens (including phenoxy) is 1. The van der Waals surface area contributed by atoms with Crippen molar-refractivity contribution in [2.45, 2.75) is 6.61 Å². The van der Waals surface area contributed by atoms with Gasteiger partial charge in [0.05, 0.1) is 8.96 Å². The van der Waals surface area contributed by atoms with E-state index in [0.717, 1.165) is 5.56 Å². The minimum Gasteiger partial charge on any atom is -0.457 e. The van der Waals surface area contributed by atoms with E-state index in [2.05, 4.69) is 47.8 Å². The SMILES string of the molecule is O=C(OCc1ccccc1)C(CBr)=C(Br)Br. The van der Waals surface area contributed by atoms with Gasteiger partial charge in [-0.25, -0.2) is 4.79 Å². The van der Waals surface area contributed by atoms with Gasteiger partial charge in [0.25, 0.3) is 0 Å². The van der Waals surface area contributed by atoms with Gasteiger partial charge in [-0.05, 0) is 37.4 Å². The maximum atomic E-state index is 11.6. The Bertz CT molecular complexity index is 383. The number of alkyl halides is 1. The topological polar surface area (TPSA) is 26.3 Å². The van der Waals surface area contributed by atoms with Crippen molar-refractivity contribution in [2.24, 2.45) is 0 Å². The Labute approximate surface area is 119 Å². The molecule has 2 nitrogen and oxygen atoms in total. The minimum atomic E-state index is -0.343. The summed E-state index contributed by atoms with van der Waals surface area (Å²) in [5, 5.41) is 0.437. The average molecular weight is 413 g/mol. The normalized spacial score (nSPS) is 9.69. The first-order valence-electron chi connectivity index (χ1n) is 4.46. The number of hydrogen-bond acceptors (Lipinski definition) is 2. The maximum Gasteiger partial charge on any atom is 0.336 e. The molecule has 0 saturated heterocycles. The van der Waals surface area contributed by atoms with Crippen LogP contribution in [0.4, 0.5) is 0 Å². The highest BCUT2D eigenvalue weighted by molar-refractivity contribution is 9.28. The Morgan fingerprint density at radius 2 is 1.81 bits per heavy atom. The molecule has 0 saturated carbocycles. The standard InChI is InChI=1S/C11H9Br3O2/c12-6-9(10(13)14)11(15)16-7-8-4-2-1-3-5-8/h1-5H,6-7H2. The Morgan fingerprint density at radius 3 is 2.31 bits per heavy atom. The number of benzene rings is 1. The third-order valence-corrected chi connectivity index (χ3v) is 3.34. The first-order valence-corrected chi connectivity index (χ1v) is 7.17. The summed E-state index contributed by atoms with van der Waals surface area (Å²) in [5.41, 5.74) is 1.49. The summed E-state index contributed by atoms with van der Waals surface area (Å²) in [6.07, 6.45) is 0. The van der Waals surface area contributed by atoms with Crippen LogP contribution < -0.4 is 0 Å². The van der Waals surface area contributed by atoms with Gasteiger partial charge in [-0.15, -0.1) is 0 Å². The smallest absolute Gasteiger partial charge is 0.336 e. The zero-order valence-corrected chi connectivity index (χ0v) is 13.0. The fourth-order valence-corrected chi connectivity index (χ4v) is 2.86. The lowest BCUT2D eigenvalue weighted by molar-refractivity contribution is -0.140. The first-order chi connectivity index (χ1) is 7.65. The van der Waals surface area contributed by atoms with Gasteiger partial charge >= 0.3 is 5.97 Å². The van der Waals surface area contributed by atoms with Crippen molar-refractivity contribution in [2.75, 3.05) is 5.33 Å². The molecule has 1 aromatic rings. The molecule has 0 spiro atoms. The molecule has 0 aliphatic carbocycles. The van der Waals surface area contributed by atoms with Crippen molar-refractivity contribution in [1.29, 1.82) is 0 Å². The van der Waals surface area contributed by atoms with E-state index in [1.54, 1.807) is 0 Å². The zero-order valence-electron chi connectivity index (χ0n) is 8.25. The molecule has 0 aliphatic rings. The van der Waals surface area contributed by atoms with Crippen molar-refractivity contribution in [3.05, 3.63) is 44.9 Å². The number of rotatable bonds is 4. The van der Waals surface area contributed by atoms with Crippen LogP contribution in [0.5, 0.6) is 0 Å². The molecule has 86 valence electrons. The molecule has 0 atom stereocenters. The molecular formula is C11H9Br3O2. The van der Waals surface area contributed by atoms with Crippen molar-refractivity contribution in [1.82, 2.24) is 0 Å². The lowest BCUT2D eigenvalue weighted by Crippen LogP contribution is -2.09. The molecule has 0 N–H and O–H groups in total. The molecule has 1 aromatic carbocycles. The molecule has 16 heavy (non-hydrogen) atoms. The van der Waals surface area contributed by atoms with Crippen LogP contribution in [0.1, 0.15) is 5.56 Å². The van der Waals surface area contributed by atoms with Crippen molar-refractivity contribution in [3.8, 4) is 0 Å². The molecule has 0 heterocycles. The van der Waals surface area contributed by atoms with Crippen LogP contribution in [-0.2, 0) is 16.1 Å². The minimum absolute atomic E-state index is 0.281. The number of hydrogen-bond donors (Lipinski definition) is 0. The van der Waals surface area contributed by atoms with Crippen molar-refractivity contribution >= 4 is 53.8 Å². The van der Waals surface area contributed by atoms with E-state index < -0.39 is 0 Å². The Hall–Kier alpha value is -0.130. The Kier molecular flexibility index (Phi) is 6.31. The van der Waals surface area contributed by atoms with Gasteiger partial charge in [-0.1, -0.05) is 46.3 Å². The highest BCUT2D eigenvalue weighted by atomic mass is 79.9. The van der Waals surface area contributed by atoms with Crippen LogP contribution in [-0.4, -0.2) is 11.3 Å². The van der Waals surface area contributed by atoms with Gasteiger partial charge in [0, 0.05) is 5.33 Å². The van der Waals surface area contributed by atoms with E-state index in [4.69, 9.17) is 4.74 Å². The average Bonchev–Trinajstić information content (AvgIpc) is 2.28. The summed E-state index contributed by atoms with van der Waals surface area (Å²) in [7, 11) is 0. The fraction of sp³-hybridized carbons (Fsp3) is 0.182. The van der Waals surface area contributed by atoms with E-state index >= 15 is 0 Å². The molecule has 0 unspecified atom stereocenters. The number of esters is 1. The van der Waals surface area contributed by atoms with Gasteiger partial charge in [-0.3, -0.25) is 0 Å². The van der Waals surface area contributed by atoms with Gasteiger partial charge < -0.3 is 4.74 Å². The van der Waals surface area contributed by atoms with Crippen LogP contribution in [0.3, 0.4) is 0 Å². The molecule has 0 amide bonds. The predicted octanol–water partition coefficient (Wildman–Crippen LogP) is 4.13. The second kappa shape index (κ2) is 7.25. The fourth-order valence-electron chi connectivity index (χ4n) is 0.992. The molecule has 0 aliphatic heterocycles. The third kappa shape index (κ3) is 4.39. The zero-order chi connectivity index (χ0) is 12.0. The summed E-state index contributed by atoms with van der Waals surface area (Å²) in [6, 6.07) is 9.56. The molecule has 0 bridgehead atoms. The Balaban J connectivity index is 2.57. The van der Waals surface area contributed by atoms with E-state index in [1.165, 1.54) is 0 Å². The van der Waals surface area contributed by atoms with E-state index in [0.29, 0.717) is 14.3 Å². The van der Waals surface area contributed by atoms with Crippen LogP contribution in [0, 0.1) is 0 Å². The lowest BCUT2D eigenvalue weighted by Gasteiger charge is -2.06. The van der Waals surface area contributed by atoms with Gasteiger partial charge in [0.1, 0.15) is 6.61 Å². The summed E-state index contributed by atoms with van der Waals surface area (Å²) in [6.45, 7) is 0.281. The van der Waals surface area contributed by atoms with Gasteiger partial charge in [0.2, 0.25) is 0 Å². The van der Waals surface area contributed by atoms with Crippen LogP contribution in [0.2, 0.25) is 0 Å². The second-order valence-corrected chi connectivity index (χ2v) is 6.15. The summed E-state index contributed by atoms with van der Waals surface area (Å²) in [5.74, 6) is -0.343. The highest BCUT2D eigenvalue weighted by Crippen LogP contribution is 2.22. The van der Waals surface area contributed by atoms with E-state index in [9.17, 15) is 4.79 Å². The molecule has 0 radical (unpaired) electrons. The monoisotopic (exact) mass is 410 g/mol. The van der Waals surface area contributed by atoms with Crippen LogP contribution >= 0.6 is 47.8 Å². The van der Waals surface area contributed by atoms with Gasteiger partial charge in [0.15, 0.2) is 0 Å². The number of carbonyl (C=O) groups is 1. The molecular weight excluding hydrogens is 404 g/mol. The summed E-state index contributed by atoms with van der Waals surface area (Å²) < 4.78 is 5.76. The van der Waals surface area contributed by atoms with E-state index in [1.807, 2.05) is 30.3 Å². The largest absolute Gasteiger partial charge is 0.457 e. The summed E-state index contributed by atoms with van der Waals surface area (Å²) >= 11 is 9.61. The lowest BCUT2D eigenvalue weighted by atomic mass is 10.2. The Morgan fingerprint density at radius 1 is 1.19 bits per heavy atom. The van der Waals surface area contributed by atoms with Crippen molar-refractivity contribution in [3.63, 3.8) is 0 Å². The quantitative estimate of drug-likeness (QED) is 0.422. The second-order valence-electron chi connectivity index (χ2n) is 2.93. The molecule has 0 fully saturated rings. The number of carbonyl (C=O) groups excluding carboxylic acids is 1. The summed E-state index contributed by atoms with van der Waals surface area (Å²) in [4.78, 5) is 11.6. The van der Waals surface area contributed by atoms with Crippen molar-refractivity contribution < 1.29 is 9.53 Å². The first kappa shape index (κ1) is 13.9. The third-order valence-electron chi connectivity index (χ3n) is 1.82.